The van der Waals surface area contributed by atoms with Crippen molar-refractivity contribution >= 4 is 10.8 Å². The number of nitrogens with two attached hydrogens (primary N) is 1. The Kier molecular flexibility index (Phi) is 3.04. The lowest BCUT2D eigenvalue weighted by atomic mass is 9.89. The Bertz CT molecular complexity index is 558. The predicted molar refractivity (Wildman–Crippen MR) is 72.8 cm³/mol. The van der Waals surface area contributed by atoms with Crippen LogP contribution in [0.2, 0.25) is 0 Å². The van der Waals surface area contributed by atoms with Gasteiger partial charge in [-0.3, -0.25) is 0 Å². The monoisotopic (exact) mass is 243 g/mol. The summed E-state index contributed by atoms with van der Waals surface area (Å²) in [5.74, 6) is 0.395. The van der Waals surface area contributed by atoms with E-state index in [4.69, 9.17) is 5.73 Å². The maximum absolute atomic E-state index is 13.8. The van der Waals surface area contributed by atoms with Crippen molar-refractivity contribution in [2.75, 3.05) is 0 Å². The normalized spacial score (nSPS) is 18.3. The van der Waals surface area contributed by atoms with Crippen LogP contribution in [-0.4, -0.2) is 0 Å². The molecule has 2 N–H and O–H groups in total. The quantitative estimate of drug-likeness (QED) is 0.841. The van der Waals surface area contributed by atoms with E-state index in [1.807, 2.05) is 30.3 Å². The molecule has 2 aromatic carbocycles. The Morgan fingerprint density at radius 1 is 1.00 bits per heavy atom. The largest absolute Gasteiger partial charge is 0.324 e. The smallest absolute Gasteiger partial charge is 0.131 e. The molecule has 0 saturated heterocycles. The molecule has 18 heavy (non-hydrogen) atoms. The van der Waals surface area contributed by atoms with Crippen LogP contribution in [0, 0.1) is 11.7 Å². The summed E-state index contributed by atoms with van der Waals surface area (Å²) in [6.07, 6.45) is 4.95. The Labute approximate surface area is 107 Å². The number of halogens is 1. The maximum Gasteiger partial charge on any atom is 0.131 e. The third-order valence-corrected chi connectivity index (χ3v) is 4.17. The molecule has 94 valence electrons. The average molecular weight is 243 g/mol. The zero-order valence-electron chi connectivity index (χ0n) is 10.4. The van der Waals surface area contributed by atoms with Crippen LogP contribution >= 0.6 is 0 Å². The molecule has 1 fully saturated rings. The fraction of sp³-hybridized carbons (Fsp3) is 0.375. The molecule has 0 spiro atoms. The highest BCUT2D eigenvalue weighted by atomic mass is 19.1. The average Bonchev–Trinajstić information content (AvgIpc) is 2.93. The summed E-state index contributed by atoms with van der Waals surface area (Å²) in [5.41, 5.74) is 7.49. The molecule has 1 nitrogen and oxygen atoms in total. The second-order valence-electron chi connectivity index (χ2n) is 5.25. The van der Waals surface area contributed by atoms with Gasteiger partial charge in [-0.05, 0) is 35.8 Å². The Morgan fingerprint density at radius 3 is 2.39 bits per heavy atom. The number of hydrogen-bond acceptors (Lipinski definition) is 1. The van der Waals surface area contributed by atoms with Crippen LogP contribution in [0.3, 0.4) is 0 Å². The van der Waals surface area contributed by atoms with Crippen molar-refractivity contribution in [2.45, 2.75) is 31.7 Å². The maximum atomic E-state index is 13.8. The molecule has 1 aliphatic rings. The molecular formula is C16H18FN. The van der Waals surface area contributed by atoms with Crippen molar-refractivity contribution in [3.05, 3.63) is 47.8 Å². The van der Waals surface area contributed by atoms with Crippen LogP contribution in [-0.2, 0) is 0 Å². The fourth-order valence-electron chi connectivity index (χ4n) is 3.15. The molecule has 0 radical (unpaired) electrons. The molecule has 1 saturated carbocycles. The minimum Gasteiger partial charge on any atom is -0.324 e. The molecule has 3 rings (SSSR count). The zero-order valence-corrected chi connectivity index (χ0v) is 10.4. The third-order valence-electron chi connectivity index (χ3n) is 4.17. The van der Waals surface area contributed by atoms with E-state index in [2.05, 4.69) is 0 Å². The van der Waals surface area contributed by atoms with Gasteiger partial charge in [0.15, 0.2) is 0 Å². The highest BCUT2D eigenvalue weighted by molar-refractivity contribution is 5.86. The van der Waals surface area contributed by atoms with Gasteiger partial charge in [0, 0.05) is 11.4 Å². The summed E-state index contributed by atoms with van der Waals surface area (Å²) in [6, 6.07) is 11.1. The van der Waals surface area contributed by atoms with E-state index >= 15 is 0 Å². The van der Waals surface area contributed by atoms with Crippen molar-refractivity contribution in [1.82, 2.24) is 0 Å². The lowest BCUT2D eigenvalue weighted by molar-refractivity contribution is 0.447. The Balaban J connectivity index is 2.08. The number of rotatable bonds is 2. The highest BCUT2D eigenvalue weighted by Gasteiger charge is 2.24. The van der Waals surface area contributed by atoms with Gasteiger partial charge in [-0.1, -0.05) is 43.2 Å². The molecule has 0 aliphatic heterocycles. The van der Waals surface area contributed by atoms with E-state index in [-0.39, 0.29) is 11.9 Å². The molecule has 1 aliphatic carbocycles. The van der Waals surface area contributed by atoms with E-state index in [0.717, 1.165) is 10.9 Å². The van der Waals surface area contributed by atoms with Gasteiger partial charge in [-0.2, -0.15) is 0 Å². The number of hydrogen-bond donors (Lipinski definition) is 1. The lowest BCUT2D eigenvalue weighted by Crippen LogP contribution is -2.19. The van der Waals surface area contributed by atoms with E-state index in [9.17, 15) is 4.39 Å². The van der Waals surface area contributed by atoms with Crippen molar-refractivity contribution in [3.8, 4) is 0 Å². The standard InChI is InChI=1S/C16H18FN/c17-15-10-9-14(12-7-3-4-8-13(12)15)16(18)11-5-1-2-6-11/h3-4,7-11,16H,1-2,5-6,18H2. The SMILES string of the molecule is NC(c1ccc(F)c2ccccc12)C1CCCC1. The van der Waals surface area contributed by atoms with Crippen molar-refractivity contribution in [2.24, 2.45) is 11.7 Å². The van der Waals surface area contributed by atoms with Crippen LogP contribution in [0.25, 0.3) is 10.8 Å². The minimum absolute atomic E-state index is 0.0398. The second-order valence-corrected chi connectivity index (χ2v) is 5.25. The molecule has 2 heteroatoms. The van der Waals surface area contributed by atoms with Gasteiger partial charge in [0.1, 0.15) is 5.82 Å². The van der Waals surface area contributed by atoms with Crippen molar-refractivity contribution < 1.29 is 4.39 Å². The first-order valence-electron chi connectivity index (χ1n) is 6.70. The van der Waals surface area contributed by atoms with Crippen LogP contribution in [0.5, 0.6) is 0 Å². The van der Waals surface area contributed by atoms with Crippen molar-refractivity contribution in [1.29, 1.82) is 0 Å². The van der Waals surface area contributed by atoms with E-state index in [1.165, 1.54) is 25.7 Å². The van der Waals surface area contributed by atoms with Gasteiger partial charge in [-0.25, -0.2) is 4.39 Å². The second kappa shape index (κ2) is 4.69. The zero-order chi connectivity index (χ0) is 12.5. The molecule has 0 amide bonds. The number of fused-ring (bicyclic) bond motifs is 1. The van der Waals surface area contributed by atoms with E-state index in [1.54, 1.807) is 6.07 Å². The van der Waals surface area contributed by atoms with Crippen LogP contribution < -0.4 is 5.73 Å². The molecule has 0 aromatic heterocycles. The molecule has 0 heterocycles. The predicted octanol–water partition coefficient (Wildman–Crippen LogP) is 4.17. The topological polar surface area (TPSA) is 26.0 Å². The molecule has 2 aromatic rings. The molecule has 1 unspecified atom stereocenters. The molecule has 0 bridgehead atoms. The lowest BCUT2D eigenvalue weighted by Gasteiger charge is -2.21. The highest BCUT2D eigenvalue weighted by Crippen LogP contribution is 2.37. The molecule has 1 atom stereocenters. The van der Waals surface area contributed by atoms with Gasteiger partial charge in [0.2, 0.25) is 0 Å². The first-order valence-corrected chi connectivity index (χ1v) is 6.70. The van der Waals surface area contributed by atoms with Crippen LogP contribution in [0.1, 0.15) is 37.3 Å². The summed E-state index contributed by atoms with van der Waals surface area (Å²) in [4.78, 5) is 0. The van der Waals surface area contributed by atoms with E-state index < -0.39 is 0 Å². The van der Waals surface area contributed by atoms with Crippen molar-refractivity contribution in [3.63, 3.8) is 0 Å². The van der Waals surface area contributed by atoms with Gasteiger partial charge < -0.3 is 5.73 Å². The van der Waals surface area contributed by atoms with Gasteiger partial charge in [0.05, 0.1) is 0 Å². The molecular weight excluding hydrogens is 225 g/mol. The van der Waals surface area contributed by atoms with E-state index in [0.29, 0.717) is 11.3 Å². The first-order chi connectivity index (χ1) is 8.77. The first kappa shape index (κ1) is 11.7. The Hall–Kier alpha value is -1.41. The number of benzene rings is 2. The van der Waals surface area contributed by atoms with Gasteiger partial charge in [0.25, 0.3) is 0 Å². The fourth-order valence-corrected chi connectivity index (χ4v) is 3.15. The summed E-state index contributed by atoms with van der Waals surface area (Å²) >= 11 is 0. The van der Waals surface area contributed by atoms with Gasteiger partial charge >= 0.3 is 0 Å². The van der Waals surface area contributed by atoms with Crippen LogP contribution in [0.4, 0.5) is 4.39 Å². The third kappa shape index (κ3) is 1.91. The Morgan fingerprint density at radius 2 is 1.67 bits per heavy atom. The van der Waals surface area contributed by atoms with Crippen LogP contribution in [0.15, 0.2) is 36.4 Å². The summed E-state index contributed by atoms with van der Waals surface area (Å²) in [7, 11) is 0. The summed E-state index contributed by atoms with van der Waals surface area (Å²) in [6.45, 7) is 0. The van der Waals surface area contributed by atoms with Gasteiger partial charge in [-0.15, -0.1) is 0 Å². The summed E-state index contributed by atoms with van der Waals surface area (Å²) < 4.78 is 13.8. The minimum atomic E-state index is -0.159. The summed E-state index contributed by atoms with van der Waals surface area (Å²) in [5, 5.41) is 1.65.